The summed E-state index contributed by atoms with van der Waals surface area (Å²) in [6.45, 7) is 6.00. The van der Waals surface area contributed by atoms with Gasteiger partial charge in [-0.15, -0.1) is 0 Å². The lowest BCUT2D eigenvalue weighted by atomic mass is 9.83. The van der Waals surface area contributed by atoms with Crippen molar-refractivity contribution in [2.45, 2.75) is 37.5 Å². The highest BCUT2D eigenvalue weighted by atomic mass is 32.2. The molecule has 0 aliphatic carbocycles. The highest BCUT2D eigenvalue weighted by Crippen LogP contribution is 2.25. The molecule has 0 atom stereocenters. The number of carbonyl (C=O) groups is 1. The zero-order valence-electron chi connectivity index (χ0n) is 14.7. The second kappa shape index (κ2) is 7.80. The van der Waals surface area contributed by atoms with Crippen LogP contribution in [0.5, 0.6) is 0 Å². The van der Waals surface area contributed by atoms with Gasteiger partial charge in [0.1, 0.15) is 0 Å². The minimum atomic E-state index is -3.50. The van der Waals surface area contributed by atoms with E-state index in [0.717, 1.165) is 12.0 Å². The first kappa shape index (κ1) is 19.1. The zero-order chi connectivity index (χ0) is 18.5. The van der Waals surface area contributed by atoms with Crippen molar-refractivity contribution in [2.24, 2.45) is 0 Å². The van der Waals surface area contributed by atoms with Crippen molar-refractivity contribution < 1.29 is 13.2 Å². The van der Waals surface area contributed by atoms with Crippen molar-refractivity contribution >= 4 is 21.6 Å². The molecular weight excluding hydrogens is 336 g/mol. The topological polar surface area (TPSA) is 75.3 Å². The number of sulfonamides is 1. The molecule has 0 spiro atoms. The number of benzene rings is 2. The third-order valence-corrected chi connectivity index (χ3v) is 5.50. The maximum absolute atomic E-state index is 12.6. The molecule has 6 heteroatoms. The molecule has 25 heavy (non-hydrogen) atoms. The molecule has 5 nitrogen and oxygen atoms in total. The summed E-state index contributed by atoms with van der Waals surface area (Å²) in [7, 11) is -3.50. The third kappa shape index (κ3) is 4.67. The Morgan fingerprint density at radius 1 is 1.00 bits per heavy atom. The van der Waals surface area contributed by atoms with Crippen molar-refractivity contribution in [3.8, 4) is 0 Å². The Morgan fingerprint density at radius 3 is 2.16 bits per heavy atom. The molecule has 0 aliphatic heterocycles. The average Bonchev–Trinajstić information content (AvgIpc) is 2.61. The highest BCUT2D eigenvalue weighted by Gasteiger charge is 2.29. The molecule has 0 saturated carbocycles. The number of hydrogen-bond acceptors (Lipinski definition) is 3. The number of anilines is 1. The highest BCUT2D eigenvalue weighted by molar-refractivity contribution is 7.89. The molecule has 0 unspecified atom stereocenters. The Balaban J connectivity index is 2.12. The van der Waals surface area contributed by atoms with E-state index in [-0.39, 0.29) is 10.8 Å². The van der Waals surface area contributed by atoms with E-state index < -0.39 is 15.4 Å². The maximum Gasteiger partial charge on any atom is 0.240 e. The van der Waals surface area contributed by atoms with E-state index in [1.165, 1.54) is 12.1 Å². The second-order valence-electron chi connectivity index (χ2n) is 6.37. The van der Waals surface area contributed by atoms with Crippen molar-refractivity contribution in [2.75, 3.05) is 11.9 Å². The molecular formula is C19H24N2O3S. The smallest absolute Gasteiger partial charge is 0.240 e. The molecule has 0 heterocycles. The molecule has 0 aliphatic rings. The van der Waals surface area contributed by atoms with Crippen LogP contribution >= 0.6 is 0 Å². The first-order chi connectivity index (χ1) is 11.8. The van der Waals surface area contributed by atoms with Gasteiger partial charge in [-0.1, -0.05) is 37.3 Å². The first-order valence-corrected chi connectivity index (χ1v) is 9.72. The van der Waals surface area contributed by atoms with Gasteiger partial charge < -0.3 is 5.32 Å². The molecule has 1 amide bonds. The minimum Gasteiger partial charge on any atom is -0.325 e. The summed E-state index contributed by atoms with van der Waals surface area (Å²) in [6, 6.07) is 15.7. The molecule has 134 valence electrons. The van der Waals surface area contributed by atoms with Crippen LogP contribution in [0, 0.1) is 0 Å². The number of carbonyl (C=O) groups excluding carboxylic acids is 1. The Labute approximate surface area is 149 Å². The lowest BCUT2D eigenvalue weighted by molar-refractivity contribution is -0.120. The van der Waals surface area contributed by atoms with Crippen molar-refractivity contribution in [3.05, 3.63) is 60.2 Å². The molecule has 2 aromatic rings. The van der Waals surface area contributed by atoms with Gasteiger partial charge in [0.25, 0.3) is 0 Å². The molecule has 0 radical (unpaired) electrons. The van der Waals surface area contributed by atoms with Crippen LogP contribution in [0.25, 0.3) is 0 Å². The number of rotatable bonds is 7. The molecule has 2 N–H and O–H groups in total. The van der Waals surface area contributed by atoms with Gasteiger partial charge in [-0.3, -0.25) is 4.79 Å². The summed E-state index contributed by atoms with van der Waals surface area (Å²) >= 11 is 0. The number of hydrogen-bond donors (Lipinski definition) is 2. The summed E-state index contributed by atoms with van der Waals surface area (Å²) in [6.07, 6.45) is 0.724. The molecule has 0 saturated heterocycles. The van der Waals surface area contributed by atoms with Gasteiger partial charge in [-0.25, -0.2) is 13.1 Å². The van der Waals surface area contributed by atoms with Crippen molar-refractivity contribution in [1.82, 2.24) is 4.72 Å². The molecule has 2 aromatic carbocycles. The average molecular weight is 360 g/mol. The molecule has 0 bridgehead atoms. The predicted molar refractivity (Wildman–Crippen MR) is 100 cm³/mol. The summed E-state index contributed by atoms with van der Waals surface area (Å²) < 4.78 is 26.7. The normalized spacial score (nSPS) is 12.0. The van der Waals surface area contributed by atoms with Crippen molar-refractivity contribution in [3.63, 3.8) is 0 Å². The quantitative estimate of drug-likeness (QED) is 0.795. The van der Waals surface area contributed by atoms with Gasteiger partial charge in [0.05, 0.1) is 10.3 Å². The van der Waals surface area contributed by atoms with Gasteiger partial charge in [0.2, 0.25) is 15.9 Å². The Morgan fingerprint density at radius 2 is 1.60 bits per heavy atom. The Hall–Kier alpha value is -2.18. The van der Waals surface area contributed by atoms with E-state index in [1.54, 1.807) is 12.1 Å². The van der Waals surface area contributed by atoms with Gasteiger partial charge in [-0.2, -0.15) is 0 Å². The zero-order valence-corrected chi connectivity index (χ0v) is 15.6. The first-order valence-electron chi connectivity index (χ1n) is 8.24. The molecule has 0 aromatic heterocycles. The second-order valence-corrected chi connectivity index (χ2v) is 8.13. The van der Waals surface area contributed by atoms with E-state index in [0.29, 0.717) is 12.2 Å². The molecule has 2 rings (SSSR count). The SMILES string of the molecule is CCCNS(=O)(=O)c1ccc(NC(=O)C(C)(C)c2ccccc2)cc1. The largest absolute Gasteiger partial charge is 0.325 e. The number of amides is 1. The van der Waals surface area contributed by atoms with E-state index in [2.05, 4.69) is 10.0 Å². The summed E-state index contributed by atoms with van der Waals surface area (Å²) in [4.78, 5) is 12.8. The van der Waals surface area contributed by atoms with Crippen LogP contribution in [0.2, 0.25) is 0 Å². The predicted octanol–water partition coefficient (Wildman–Crippen LogP) is 3.29. The van der Waals surface area contributed by atoms with Gasteiger partial charge in [0, 0.05) is 12.2 Å². The van der Waals surface area contributed by atoms with Crippen LogP contribution < -0.4 is 10.0 Å². The summed E-state index contributed by atoms with van der Waals surface area (Å²) in [5.74, 6) is -0.154. The van der Waals surface area contributed by atoms with Gasteiger partial charge >= 0.3 is 0 Å². The van der Waals surface area contributed by atoms with Crippen LogP contribution in [0.1, 0.15) is 32.8 Å². The van der Waals surface area contributed by atoms with E-state index in [4.69, 9.17) is 0 Å². The van der Waals surface area contributed by atoms with Gasteiger partial charge in [-0.05, 0) is 50.1 Å². The Kier molecular flexibility index (Phi) is 5.98. The fourth-order valence-corrected chi connectivity index (χ4v) is 3.44. The van der Waals surface area contributed by atoms with Crippen molar-refractivity contribution in [1.29, 1.82) is 0 Å². The summed E-state index contributed by atoms with van der Waals surface area (Å²) in [5, 5.41) is 2.85. The third-order valence-electron chi connectivity index (χ3n) is 4.03. The van der Waals surface area contributed by atoms with E-state index in [9.17, 15) is 13.2 Å². The summed E-state index contributed by atoms with van der Waals surface area (Å²) in [5.41, 5.74) is 0.772. The monoisotopic (exact) mass is 360 g/mol. The van der Waals surface area contributed by atoms with Gasteiger partial charge in [0.15, 0.2) is 0 Å². The minimum absolute atomic E-state index is 0.154. The Bertz CT molecular complexity index is 814. The lowest BCUT2D eigenvalue weighted by Gasteiger charge is -2.24. The van der Waals surface area contributed by atoms with E-state index >= 15 is 0 Å². The van der Waals surface area contributed by atoms with Crippen LogP contribution in [0.15, 0.2) is 59.5 Å². The number of nitrogens with one attached hydrogen (secondary N) is 2. The van der Waals surface area contributed by atoms with Crippen LogP contribution in [-0.2, 0) is 20.2 Å². The fourth-order valence-electron chi connectivity index (χ4n) is 2.31. The standard InChI is InChI=1S/C19H24N2O3S/c1-4-14-20-25(23,24)17-12-10-16(11-13-17)21-18(22)19(2,3)15-8-6-5-7-9-15/h5-13,20H,4,14H2,1-3H3,(H,21,22). The van der Waals surface area contributed by atoms with Crippen LogP contribution in [0.3, 0.4) is 0 Å². The fraction of sp³-hybridized carbons (Fsp3) is 0.316. The van der Waals surface area contributed by atoms with Crippen LogP contribution in [0.4, 0.5) is 5.69 Å². The lowest BCUT2D eigenvalue weighted by Crippen LogP contribution is -2.34. The maximum atomic E-state index is 12.6. The molecule has 0 fully saturated rings. The van der Waals surface area contributed by atoms with E-state index in [1.807, 2.05) is 51.1 Å². The van der Waals surface area contributed by atoms with Crippen LogP contribution in [-0.4, -0.2) is 20.9 Å².